The maximum Gasteiger partial charge on any atom is 0.173 e. The van der Waals surface area contributed by atoms with Crippen LogP contribution >= 0.6 is 36.4 Å². The van der Waals surface area contributed by atoms with Crippen LogP contribution in [0.4, 0.5) is 4.39 Å². The second-order valence-corrected chi connectivity index (χ2v) is 6.27. The Morgan fingerprint density at radius 3 is 2.38 bits per heavy atom. The van der Waals surface area contributed by atoms with Gasteiger partial charge in [0.2, 0.25) is 0 Å². The summed E-state index contributed by atoms with van der Waals surface area (Å²) < 4.78 is 19.7. The molecule has 0 aliphatic carbocycles. The zero-order valence-electron chi connectivity index (χ0n) is 14.5. The number of benzene rings is 1. The molecule has 2 atom stereocenters. The van der Waals surface area contributed by atoms with Crippen molar-refractivity contribution in [2.24, 2.45) is 5.92 Å². The summed E-state index contributed by atoms with van der Waals surface area (Å²) in [5.74, 6) is 0.232. The number of hydrogen-bond donors (Lipinski definition) is 1. The fraction of sp³-hybridized carbons (Fsp3) is 0.647. The smallest absolute Gasteiger partial charge is 0.173 e. The number of halogens is 4. The van der Waals surface area contributed by atoms with E-state index in [0.29, 0.717) is 17.5 Å². The summed E-state index contributed by atoms with van der Waals surface area (Å²) in [6.45, 7) is 10.5. The van der Waals surface area contributed by atoms with Crippen LogP contribution in [0.25, 0.3) is 0 Å². The molecule has 0 aromatic heterocycles. The molecule has 1 aliphatic heterocycles. The monoisotopic (exact) mass is 400 g/mol. The van der Waals surface area contributed by atoms with Crippen LogP contribution in [0.1, 0.15) is 38.8 Å². The molecule has 0 amide bonds. The van der Waals surface area contributed by atoms with E-state index in [9.17, 15) is 4.39 Å². The first-order chi connectivity index (χ1) is 10.6. The Bertz CT molecular complexity index is 476. The third-order valence-corrected chi connectivity index (χ3v) is 4.66. The van der Waals surface area contributed by atoms with Gasteiger partial charge in [-0.15, -0.1) is 24.8 Å². The number of rotatable bonds is 6. The topological polar surface area (TPSA) is 24.5 Å². The molecule has 0 saturated carbocycles. The van der Waals surface area contributed by atoms with Gasteiger partial charge in [-0.05, 0) is 30.5 Å². The highest BCUT2D eigenvalue weighted by Crippen LogP contribution is 2.37. The first-order valence-electron chi connectivity index (χ1n) is 8.15. The Morgan fingerprint density at radius 1 is 1.25 bits per heavy atom. The third-order valence-electron chi connectivity index (χ3n) is 4.38. The van der Waals surface area contributed by atoms with E-state index in [-0.39, 0.29) is 42.4 Å². The summed E-state index contributed by atoms with van der Waals surface area (Å²) in [6, 6.07) is 3.65. The zero-order valence-corrected chi connectivity index (χ0v) is 16.9. The molecule has 24 heavy (non-hydrogen) atoms. The second-order valence-electron chi connectivity index (χ2n) is 5.86. The Kier molecular flexibility index (Phi) is 11.3. The molecule has 0 spiro atoms. The number of nitrogens with one attached hydrogen (secondary N) is 1. The predicted molar refractivity (Wildman–Crippen MR) is 104 cm³/mol. The predicted octanol–water partition coefficient (Wildman–Crippen LogP) is 4.71. The lowest BCUT2D eigenvalue weighted by Crippen LogP contribution is -2.46. The molecule has 1 N–H and O–H groups in total. The molecule has 3 nitrogen and oxygen atoms in total. The average molecular weight is 402 g/mol. The van der Waals surface area contributed by atoms with Crippen molar-refractivity contribution < 1.29 is 9.13 Å². The van der Waals surface area contributed by atoms with Gasteiger partial charge >= 0.3 is 0 Å². The van der Waals surface area contributed by atoms with Crippen molar-refractivity contribution >= 4 is 36.4 Å². The van der Waals surface area contributed by atoms with Crippen LogP contribution in [0, 0.1) is 11.7 Å². The zero-order chi connectivity index (χ0) is 16.1. The molecule has 1 heterocycles. The summed E-state index contributed by atoms with van der Waals surface area (Å²) in [5.41, 5.74) is 0.946. The van der Waals surface area contributed by atoms with Gasteiger partial charge in [0.05, 0.1) is 11.6 Å². The van der Waals surface area contributed by atoms with Crippen LogP contribution in [-0.4, -0.2) is 37.7 Å². The molecule has 1 aliphatic rings. The Balaban J connectivity index is 0.00000264. The van der Waals surface area contributed by atoms with Gasteiger partial charge in [-0.3, -0.25) is 4.90 Å². The molecule has 0 radical (unpaired) electrons. The van der Waals surface area contributed by atoms with Crippen molar-refractivity contribution in [3.8, 4) is 5.75 Å². The molecular formula is C17H28Cl3FN2O. The normalized spacial score (nSPS) is 17.4. The van der Waals surface area contributed by atoms with E-state index in [4.69, 9.17) is 16.3 Å². The molecule has 1 aromatic rings. The Morgan fingerprint density at radius 2 is 1.88 bits per heavy atom. The molecule has 140 valence electrons. The van der Waals surface area contributed by atoms with Crippen molar-refractivity contribution in [2.45, 2.75) is 33.2 Å². The van der Waals surface area contributed by atoms with Crippen LogP contribution in [0.15, 0.2) is 12.1 Å². The van der Waals surface area contributed by atoms with Gasteiger partial charge < -0.3 is 10.1 Å². The molecule has 1 fully saturated rings. The largest absolute Gasteiger partial charge is 0.489 e. The summed E-state index contributed by atoms with van der Waals surface area (Å²) in [5, 5.41) is 3.73. The molecule has 1 unspecified atom stereocenters. The molecular weight excluding hydrogens is 374 g/mol. The van der Waals surface area contributed by atoms with E-state index >= 15 is 0 Å². The van der Waals surface area contributed by atoms with E-state index in [0.717, 1.165) is 38.2 Å². The number of ether oxygens (including phenoxy) is 1. The van der Waals surface area contributed by atoms with E-state index in [1.54, 1.807) is 6.07 Å². The lowest BCUT2D eigenvalue weighted by atomic mass is 9.90. The average Bonchev–Trinajstić information content (AvgIpc) is 2.52. The van der Waals surface area contributed by atoms with Crippen molar-refractivity contribution in [2.75, 3.05) is 32.8 Å². The SMILES string of the molecule is CCOc1c(F)cc([C@H](C(C)CC)N2CCNCC2)cc1Cl.Cl.Cl. The first-order valence-corrected chi connectivity index (χ1v) is 8.52. The van der Waals surface area contributed by atoms with E-state index < -0.39 is 0 Å². The van der Waals surface area contributed by atoms with Gasteiger partial charge in [-0.1, -0.05) is 31.9 Å². The molecule has 7 heteroatoms. The van der Waals surface area contributed by atoms with Crippen LogP contribution in [0.2, 0.25) is 5.02 Å². The van der Waals surface area contributed by atoms with Gasteiger partial charge in [-0.2, -0.15) is 0 Å². The highest BCUT2D eigenvalue weighted by Gasteiger charge is 2.28. The van der Waals surface area contributed by atoms with Crippen LogP contribution in [0.3, 0.4) is 0 Å². The van der Waals surface area contributed by atoms with Gasteiger partial charge in [0.25, 0.3) is 0 Å². The fourth-order valence-corrected chi connectivity index (χ4v) is 3.39. The van der Waals surface area contributed by atoms with Gasteiger partial charge in [0.1, 0.15) is 0 Å². The van der Waals surface area contributed by atoms with E-state index in [1.807, 2.05) is 13.0 Å². The minimum absolute atomic E-state index is 0. The van der Waals surface area contributed by atoms with Gasteiger partial charge in [0, 0.05) is 32.2 Å². The van der Waals surface area contributed by atoms with Crippen molar-refractivity contribution in [1.29, 1.82) is 0 Å². The standard InChI is InChI=1S/C17H26ClFN2O.2ClH/c1-4-12(3)16(21-8-6-20-7-9-21)13-10-14(18)17(22-5-2)15(19)11-13;;/h10-12,16,20H,4-9H2,1-3H3;2*1H/t12?,16-;;/m0../s1. The van der Waals surface area contributed by atoms with Gasteiger partial charge in [0.15, 0.2) is 11.6 Å². The quantitative estimate of drug-likeness (QED) is 0.747. The third kappa shape index (κ3) is 5.63. The van der Waals surface area contributed by atoms with Crippen molar-refractivity contribution in [1.82, 2.24) is 10.2 Å². The minimum atomic E-state index is -0.368. The molecule has 1 aromatic carbocycles. The lowest BCUT2D eigenvalue weighted by molar-refractivity contribution is 0.128. The number of piperazine rings is 1. The van der Waals surface area contributed by atoms with E-state index in [1.165, 1.54) is 0 Å². The fourth-order valence-electron chi connectivity index (χ4n) is 3.12. The highest BCUT2D eigenvalue weighted by atomic mass is 35.5. The van der Waals surface area contributed by atoms with Crippen LogP contribution in [-0.2, 0) is 0 Å². The number of nitrogens with zero attached hydrogens (tertiary/aromatic N) is 1. The van der Waals surface area contributed by atoms with Crippen molar-refractivity contribution in [3.63, 3.8) is 0 Å². The maximum absolute atomic E-state index is 14.4. The summed E-state index contributed by atoms with van der Waals surface area (Å²) in [4.78, 5) is 2.43. The molecule has 2 rings (SSSR count). The Labute approximate surface area is 162 Å². The summed E-state index contributed by atoms with van der Waals surface area (Å²) >= 11 is 6.25. The lowest BCUT2D eigenvalue weighted by Gasteiger charge is -2.38. The first kappa shape index (κ1) is 23.7. The highest BCUT2D eigenvalue weighted by molar-refractivity contribution is 6.32. The number of hydrogen-bond acceptors (Lipinski definition) is 3. The molecule has 0 bridgehead atoms. The molecule has 1 saturated heterocycles. The Hall–Kier alpha value is -0.260. The maximum atomic E-state index is 14.4. The van der Waals surface area contributed by atoms with Crippen LogP contribution < -0.4 is 10.1 Å². The van der Waals surface area contributed by atoms with Crippen LogP contribution in [0.5, 0.6) is 5.75 Å². The summed E-state index contributed by atoms with van der Waals surface area (Å²) in [6.07, 6.45) is 1.04. The van der Waals surface area contributed by atoms with Gasteiger partial charge in [-0.25, -0.2) is 4.39 Å². The minimum Gasteiger partial charge on any atom is -0.489 e. The van der Waals surface area contributed by atoms with Crippen molar-refractivity contribution in [3.05, 3.63) is 28.5 Å². The van der Waals surface area contributed by atoms with E-state index in [2.05, 4.69) is 24.1 Å². The second kappa shape index (κ2) is 11.4. The summed E-state index contributed by atoms with van der Waals surface area (Å²) in [7, 11) is 0.